The Labute approximate surface area is 102 Å². The van der Waals surface area contributed by atoms with Crippen LogP contribution in [0.25, 0.3) is 0 Å². The van der Waals surface area contributed by atoms with Gasteiger partial charge in [0.05, 0.1) is 7.11 Å². The Kier molecular flexibility index (Phi) is 4.17. The molecule has 1 N–H and O–H groups in total. The maximum Gasteiger partial charge on any atom is 0.123 e. The summed E-state index contributed by atoms with van der Waals surface area (Å²) >= 11 is 0. The third-order valence-electron chi connectivity index (χ3n) is 2.68. The van der Waals surface area contributed by atoms with E-state index >= 15 is 0 Å². The van der Waals surface area contributed by atoms with Crippen molar-refractivity contribution < 1.29 is 4.74 Å². The van der Waals surface area contributed by atoms with Crippen molar-refractivity contribution in [2.24, 2.45) is 0 Å². The first kappa shape index (κ1) is 11.7. The Bertz CT molecular complexity index is 453. The zero-order chi connectivity index (χ0) is 11.9. The summed E-state index contributed by atoms with van der Waals surface area (Å²) < 4.78 is 5.31. The minimum atomic E-state index is 0.818. The van der Waals surface area contributed by atoms with Crippen molar-refractivity contribution in [3.05, 3.63) is 65.7 Å². The number of benzene rings is 2. The highest BCUT2D eigenvalue weighted by atomic mass is 16.5. The van der Waals surface area contributed by atoms with E-state index in [9.17, 15) is 0 Å². The van der Waals surface area contributed by atoms with Crippen LogP contribution in [0.4, 0.5) is 0 Å². The molecule has 2 aromatic rings. The molecule has 0 spiro atoms. The fourth-order valence-corrected chi connectivity index (χ4v) is 1.79. The van der Waals surface area contributed by atoms with Crippen LogP contribution in [0.3, 0.4) is 0 Å². The first-order valence-electron chi connectivity index (χ1n) is 5.76. The summed E-state index contributed by atoms with van der Waals surface area (Å²) in [5.41, 5.74) is 2.48. The summed E-state index contributed by atoms with van der Waals surface area (Å²) in [7, 11) is 1.70. The van der Waals surface area contributed by atoms with Gasteiger partial charge in [-0.3, -0.25) is 0 Å². The smallest absolute Gasteiger partial charge is 0.123 e. The molecule has 2 nitrogen and oxygen atoms in total. The lowest BCUT2D eigenvalue weighted by molar-refractivity contribution is 0.407. The lowest BCUT2D eigenvalue weighted by Gasteiger charge is -2.09. The molecule has 0 saturated carbocycles. The monoisotopic (exact) mass is 227 g/mol. The number of rotatable bonds is 5. The molecule has 17 heavy (non-hydrogen) atoms. The van der Waals surface area contributed by atoms with Gasteiger partial charge in [0.15, 0.2) is 0 Å². The van der Waals surface area contributed by atoms with Crippen molar-refractivity contribution in [3.8, 4) is 5.75 Å². The van der Waals surface area contributed by atoms with Crippen molar-refractivity contribution in [3.63, 3.8) is 0 Å². The molecule has 0 amide bonds. The van der Waals surface area contributed by atoms with Crippen LogP contribution in [0.15, 0.2) is 54.6 Å². The van der Waals surface area contributed by atoms with Gasteiger partial charge in [-0.25, -0.2) is 0 Å². The third kappa shape index (κ3) is 3.33. The van der Waals surface area contributed by atoms with E-state index in [1.54, 1.807) is 7.11 Å². The topological polar surface area (TPSA) is 21.3 Å². The Morgan fingerprint density at radius 1 is 0.882 bits per heavy atom. The zero-order valence-electron chi connectivity index (χ0n) is 10.0. The molecule has 0 saturated heterocycles. The molecule has 0 heterocycles. The standard InChI is InChI=1S/C15H17NO/c1-17-15-10-6-5-9-14(15)12-16-11-13-7-3-2-4-8-13/h2-10,16H,11-12H2,1H3. The maximum atomic E-state index is 5.31. The largest absolute Gasteiger partial charge is 0.496 e. The number of ether oxygens (including phenoxy) is 1. The van der Waals surface area contributed by atoms with E-state index < -0.39 is 0 Å². The fraction of sp³-hybridized carbons (Fsp3) is 0.200. The minimum Gasteiger partial charge on any atom is -0.496 e. The molecule has 2 aromatic carbocycles. The number of hydrogen-bond donors (Lipinski definition) is 1. The Morgan fingerprint density at radius 2 is 1.59 bits per heavy atom. The Morgan fingerprint density at radius 3 is 2.35 bits per heavy atom. The second-order valence-corrected chi connectivity index (χ2v) is 3.90. The van der Waals surface area contributed by atoms with Gasteiger partial charge in [0.1, 0.15) is 5.75 Å². The van der Waals surface area contributed by atoms with Crippen LogP contribution in [-0.4, -0.2) is 7.11 Å². The molecular weight excluding hydrogens is 210 g/mol. The normalized spacial score (nSPS) is 10.2. The van der Waals surface area contributed by atoms with Gasteiger partial charge < -0.3 is 10.1 Å². The molecule has 0 atom stereocenters. The molecule has 0 radical (unpaired) electrons. The average Bonchev–Trinajstić information content (AvgIpc) is 2.40. The molecule has 0 aliphatic rings. The lowest BCUT2D eigenvalue weighted by atomic mass is 10.2. The van der Waals surface area contributed by atoms with Crippen molar-refractivity contribution in [2.45, 2.75) is 13.1 Å². The highest BCUT2D eigenvalue weighted by Crippen LogP contribution is 2.16. The molecule has 0 fully saturated rings. The van der Waals surface area contributed by atoms with Gasteiger partial charge in [0.25, 0.3) is 0 Å². The molecular formula is C15H17NO. The van der Waals surface area contributed by atoms with E-state index in [2.05, 4.69) is 35.6 Å². The van der Waals surface area contributed by atoms with E-state index in [1.165, 1.54) is 11.1 Å². The van der Waals surface area contributed by atoms with Crippen molar-refractivity contribution >= 4 is 0 Å². The van der Waals surface area contributed by atoms with Crippen LogP contribution in [-0.2, 0) is 13.1 Å². The predicted octanol–water partition coefficient (Wildman–Crippen LogP) is 2.99. The molecule has 0 unspecified atom stereocenters. The fourth-order valence-electron chi connectivity index (χ4n) is 1.79. The zero-order valence-corrected chi connectivity index (χ0v) is 10.0. The van der Waals surface area contributed by atoms with Crippen molar-refractivity contribution in [1.82, 2.24) is 5.32 Å². The number of nitrogens with one attached hydrogen (secondary N) is 1. The molecule has 2 rings (SSSR count). The Balaban J connectivity index is 1.90. The highest BCUT2D eigenvalue weighted by molar-refractivity contribution is 5.33. The number of para-hydroxylation sites is 1. The molecule has 0 bridgehead atoms. The molecule has 2 heteroatoms. The first-order valence-corrected chi connectivity index (χ1v) is 5.76. The second-order valence-electron chi connectivity index (χ2n) is 3.90. The van der Waals surface area contributed by atoms with Gasteiger partial charge in [-0.1, -0.05) is 48.5 Å². The molecule has 88 valence electrons. The molecule has 0 aliphatic heterocycles. The molecule has 0 aliphatic carbocycles. The summed E-state index contributed by atoms with van der Waals surface area (Å²) in [5, 5.41) is 3.41. The van der Waals surface area contributed by atoms with Crippen molar-refractivity contribution in [1.29, 1.82) is 0 Å². The van der Waals surface area contributed by atoms with Crippen LogP contribution >= 0.6 is 0 Å². The van der Waals surface area contributed by atoms with Crippen LogP contribution in [0.5, 0.6) is 5.75 Å². The van der Waals surface area contributed by atoms with E-state index in [-0.39, 0.29) is 0 Å². The summed E-state index contributed by atoms with van der Waals surface area (Å²) in [6.45, 7) is 1.69. The summed E-state index contributed by atoms with van der Waals surface area (Å²) in [5.74, 6) is 0.938. The van der Waals surface area contributed by atoms with E-state index in [1.807, 2.05) is 24.3 Å². The van der Waals surface area contributed by atoms with Crippen LogP contribution in [0.1, 0.15) is 11.1 Å². The number of hydrogen-bond acceptors (Lipinski definition) is 2. The van der Waals surface area contributed by atoms with E-state index in [4.69, 9.17) is 4.74 Å². The molecule has 0 aromatic heterocycles. The maximum absolute atomic E-state index is 5.31. The van der Waals surface area contributed by atoms with Gasteiger partial charge in [0.2, 0.25) is 0 Å². The summed E-state index contributed by atoms with van der Waals surface area (Å²) in [6, 6.07) is 18.5. The van der Waals surface area contributed by atoms with E-state index in [0.717, 1.165) is 18.8 Å². The van der Waals surface area contributed by atoms with Gasteiger partial charge in [-0.15, -0.1) is 0 Å². The highest BCUT2D eigenvalue weighted by Gasteiger charge is 2.00. The quantitative estimate of drug-likeness (QED) is 0.848. The third-order valence-corrected chi connectivity index (χ3v) is 2.68. The number of methoxy groups -OCH3 is 1. The Hall–Kier alpha value is -1.80. The van der Waals surface area contributed by atoms with Crippen molar-refractivity contribution in [2.75, 3.05) is 7.11 Å². The predicted molar refractivity (Wildman–Crippen MR) is 70.0 cm³/mol. The van der Waals surface area contributed by atoms with E-state index in [0.29, 0.717) is 0 Å². The van der Waals surface area contributed by atoms with Crippen LogP contribution < -0.4 is 10.1 Å². The van der Waals surface area contributed by atoms with Gasteiger partial charge >= 0.3 is 0 Å². The summed E-state index contributed by atoms with van der Waals surface area (Å²) in [6.07, 6.45) is 0. The first-order chi connectivity index (χ1) is 8.40. The van der Waals surface area contributed by atoms with Gasteiger partial charge in [-0.05, 0) is 11.6 Å². The van der Waals surface area contributed by atoms with Crippen LogP contribution in [0.2, 0.25) is 0 Å². The minimum absolute atomic E-state index is 0.818. The average molecular weight is 227 g/mol. The van der Waals surface area contributed by atoms with Crippen LogP contribution in [0, 0.1) is 0 Å². The summed E-state index contributed by atoms with van der Waals surface area (Å²) in [4.78, 5) is 0. The van der Waals surface area contributed by atoms with Gasteiger partial charge in [-0.2, -0.15) is 0 Å². The second kappa shape index (κ2) is 6.06. The lowest BCUT2D eigenvalue weighted by Crippen LogP contribution is -2.13. The van der Waals surface area contributed by atoms with Gasteiger partial charge in [0, 0.05) is 18.7 Å². The SMILES string of the molecule is COc1ccccc1CNCc1ccccc1.